The fourth-order valence-corrected chi connectivity index (χ4v) is 3.18. The van der Waals surface area contributed by atoms with Crippen LogP contribution in [0.5, 0.6) is 0 Å². The molecule has 1 unspecified atom stereocenters. The molecule has 3 nitrogen and oxygen atoms in total. The van der Waals surface area contributed by atoms with Crippen LogP contribution in [0.25, 0.3) is 0 Å². The van der Waals surface area contributed by atoms with Crippen molar-refractivity contribution in [3.63, 3.8) is 0 Å². The largest absolute Gasteiger partial charge is 0.326 e. The lowest BCUT2D eigenvalue weighted by atomic mass is 9.63. The first-order valence-corrected chi connectivity index (χ1v) is 6.69. The van der Waals surface area contributed by atoms with E-state index in [4.69, 9.17) is 0 Å². The number of para-hydroxylation sites is 1. The lowest BCUT2D eigenvalue weighted by Gasteiger charge is -2.40. The van der Waals surface area contributed by atoms with Crippen LogP contribution in [0.3, 0.4) is 0 Å². The van der Waals surface area contributed by atoms with E-state index in [1.54, 1.807) is 0 Å². The summed E-state index contributed by atoms with van der Waals surface area (Å²) in [7, 11) is 0. The minimum Gasteiger partial charge on any atom is -0.326 e. The van der Waals surface area contributed by atoms with Gasteiger partial charge in [-0.05, 0) is 24.0 Å². The van der Waals surface area contributed by atoms with Crippen LogP contribution < -0.4 is 5.32 Å². The van der Waals surface area contributed by atoms with Crippen molar-refractivity contribution in [1.82, 2.24) is 0 Å². The third kappa shape index (κ3) is 3.22. The van der Waals surface area contributed by atoms with Crippen LogP contribution in [0.2, 0.25) is 0 Å². The summed E-state index contributed by atoms with van der Waals surface area (Å²) in [5.41, 5.74) is 0.0804. The smallest absolute Gasteiger partial charge is 0.230 e. The Labute approximate surface area is 114 Å². The monoisotopic (exact) mass is 259 g/mol. The summed E-state index contributed by atoms with van der Waals surface area (Å²) in [5.74, 6) is 0.127. The van der Waals surface area contributed by atoms with Crippen LogP contribution >= 0.6 is 0 Å². The SMILES string of the molecule is CC1(C)CC(=O)CC(C)(C(=O)Nc2ccccc2)C1. The van der Waals surface area contributed by atoms with E-state index in [2.05, 4.69) is 19.2 Å². The van der Waals surface area contributed by atoms with Crippen LogP contribution in [0.4, 0.5) is 5.69 Å². The molecule has 0 spiro atoms. The molecule has 0 heterocycles. The molecule has 0 saturated heterocycles. The lowest BCUT2D eigenvalue weighted by Crippen LogP contribution is -2.43. The molecule has 1 aliphatic carbocycles. The van der Waals surface area contributed by atoms with Gasteiger partial charge in [-0.25, -0.2) is 0 Å². The molecule has 2 rings (SSSR count). The number of benzene rings is 1. The number of ketones is 1. The first-order chi connectivity index (χ1) is 8.81. The van der Waals surface area contributed by atoms with Gasteiger partial charge >= 0.3 is 0 Å². The summed E-state index contributed by atoms with van der Waals surface area (Å²) < 4.78 is 0. The number of nitrogens with one attached hydrogen (secondary N) is 1. The van der Waals surface area contributed by atoms with E-state index in [1.807, 2.05) is 37.3 Å². The summed E-state index contributed by atoms with van der Waals surface area (Å²) in [4.78, 5) is 24.3. The normalized spacial score (nSPS) is 25.9. The van der Waals surface area contributed by atoms with Crippen LogP contribution in [-0.2, 0) is 9.59 Å². The predicted molar refractivity (Wildman–Crippen MR) is 75.8 cm³/mol. The number of carbonyl (C=O) groups excluding carboxylic acids is 2. The predicted octanol–water partition coefficient (Wildman–Crippen LogP) is 3.41. The van der Waals surface area contributed by atoms with Gasteiger partial charge in [0.2, 0.25) is 5.91 Å². The number of hydrogen-bond acceptors (Lipinski definition) is 2. The van der Waals surface area contributed by atoms with Crippen molar-refractivity contribution in [3.8, 4) is 0 Å². The van der Waals surface area contributed by atoms with Gasteiger partial charge < -0.3 is 5.32 Å². The minimum absolute atomic E-state index is 0.0557. The molecule has 0 aromatic heterocycles. The molecule has 3 heteroatoms. The highest BCUT2D eigenvalue weighted by molar-refractivity contribution is 5.98. The van der Waals surface area contributed by atoms with Crippen molar-refractivity contribution in [2.45, 2.75) is 40.0 Å². The molecule has 1 saturated carbocycles. The maximum Gasteiger partial charge on any atom is 0.230 e. The van der Waals surface area contributed by atoms with Crippen molar-refractivity contribution < 1.29 is 9.59 Å². The molecule has 1 atom stereocenters. The van der Waals surface area contributed by atoms with E-state index in [0.717, 1.165) is 12.1 Å². The Kier molecular flexibility index (Phi) is 3.48. The molecule has 1 aromatic carbocycles. The molecule has 0 aliphatic heterocycles. The summed E-state index contributed by atoms with van der Waals surface area (Å²) in [6.45, 7) is 6.00. The number of amides is 1. The molecular formula is C16H21NO2. The second-order valence-corrected chi connectivity index (χ2v) is 6.61. The molecule has 19 heavy (non-hydrogen) atoms. The van der Waals surface area contributed by atoms with Crippen LogP contribution in [0.1, 0.15) is 40.0 Å². The van der Waals surface area contributed by atoms with Crippen LogP contribution in [0.15, 0.2) is 30.3 Å². The molecule has 1 N–H and O–H groups in total. The quantitative estimate of drug-likeness (QED) is 0.884. The average molecular weight is 259 g/mol. The summed E-state index contributed by atoms with van der Waals surface area (Å²) in [5, 5.41) is 2.92. The number of rotatable bonds is 2. The first kappa shape index (κ1) is 13.8. The van der Waals surface area contributed by atoms with Gasteiger partial charge in [0.1, 0.15) is 5.78 Å². The maximum absolute atomic E-state index is 12.5. The van der Waals surface area contributed by atoms with E-state index in [9.17, 15) is 9.59 Å². The average Bonchev–Trinajstić information content (AvgIpc) is 2.26. The van der Waals surface area contributed by atoms with Crippen LogP contribution in [0, 0.1) is 10.8 Å². The van der Waals surface area contributed by atoms with E-state index in [-0.39, 0.29) is 17.1 Å². The van der Waals surface area contributed by atoms with Crippen molar-refractivity contribution in [2.24, 2.45) is 10.8 Å². The Bertz CT molecular complexity index is 493. The van der Waals surface area contributed by atoms with E-state index in [1.165, 1.54) is 0 Å². The van der Waals surface area contributed by atoms with Gasteiger partial charge in [-0.3, -0.25) is 9.59 Å². The third-order valence-corrected chi connectivity index (χ3v) is 3.71. The first-order valence-electron chi connectivity index (χ1n) is 6.69. The lowest BCUT2D eigenvalue weighted by molar-refractivity contribution is -0.138. The summed E-state index contributed by atoms with van der Waals surface area (Å²) in [6, 6.07) is 9.39. The van der Waals surface area contributed by atoms with Gasteiger partial charge in [0.25, 0.3) is 0 Å². The second-order valence-electron chi connectivity index (χ2n) is 6.61. The van der Waals surface area contributed by atoms with Gasteiger partial charge in [-0.15, -0.1) is 0 Å². The standard InChI is InChI=1S/C16H21NO2/c1-15(2)9-13(18)10-16(3,11-15)14(19)17-12-7-5-4-6-8-12/h4-8H,9-11H2,1-3H3,(H,17,19). The van der Waals surface area contributed by atoms with Crippen molar-refractivity contribution in [2.75, 3.05) is 5.32 Å². The number of anilines is 1. The number of Topliss-reactive ketones (excluding diaryl/α,β-unsaturated/α-hetero) is 1. The zero-order valence-corrected chi connectivity index (χ0v) is 11.8. The van der Waals surface area contributed by atoms with E-state index in [0.29, 0.717) is 12.8 Å². The molecular weight excluding hydrogens is 238 g/mol. The van der Waals surface area contributed by atoms with Gasteiger partial charge in [0.15, 0.2) is 0 Å². The van der Waals surface area contributed by atoms with Crippen molar-refractivity contribution in [1.29, 1.82) is 0 Å². The fourth-order valence-electron chi connectivity index (χ4n) is 3.18. The molecule has 0 bridgehead atoms. The van der Waals surface area contributed by atoms with Crippen molar-refractivity contribution >= 4 is 17.4 Å². The third-order valence-electron chi connectivity index (χ3n) is 3.71. The van der Waals surface area contributed by atoms with Gasteiger partial charge in [-0.2, -0.15) is 0 Å². The summed E-state index contributed by atoms with van der Waals surface area (Å²) >= 11 is 0. The Balaban J connectivity index is 2.15. The molecule has 1 aliphatic rings. The molecule has 1 aromatic rings. The van der Waals surface area contributed by atoms with E-state index >= 15 is 0 Å². The Morgan fingerprint density at radius 3 is 2.32 bits per heavy atom. The highest BCUT2D eigenvalue weighted by Gasteiger charge is 2.45. The van der Waals surface area contributed by atoms with E-state index < -0.39 is 5.41 Å². The molecule has 0 radical (unpaired) electrons. The number of carbonyl (C=O) groups is 2. The Morgan fingerprint density at radius 2 is 1.74 bits per heavy atom. The Hall–Kier alpha value is -1.64. The minimum atomic E-state index is -0.603. The Morgan fingerprint density at radius 1 is 1.11 bits per heavy atom. The zero-order valence-electron chi connectivity index (χ0n) is 11.8. The zero-order chi connectivity index (χ0) is 14.1. The topological polar surface area (TPSA) is 46.2 Å². The highest BCUT2D eigenvalue weighted by atomic mass is 16.2. The van der Waals surface area contributed by atoms with Gasteiger partial charge in [0, 0.05) is 18.5 Å². The molecule has 102 valence electrons. The maximum atomic E-state index is 12.5. The second kappa shape index (κ2) is 4.80. The fraction of sp³-hybridized carbons (Fsp3) is 0.500. The molecule has 1 amide bonds. The highest BCUT2D eigenvalue weighted by Crippen LogP contribution is 2.44. The van der Waals surface area contributed by atoms with Crippen LogP contribution in [-0.4, -0.2) is 11.7 Å². The van der Waals surface area contributed by atoms with Crippen molar-refractivity contribution in [3.05, 3.63) is 30.3 Å². The molecule has 1 fully saturated rings. The van der Waals surface area contributed by atoms with Gasteiger partial charge in [-0.1, -0.05) is 39.0 Å². The summed E-state index contributed by atoms with van der Waals surface area (Å²) in [6.07, 6.45) is 1.65. The number of hydrogen-bond donors (Lipinski definition) is 1. The van der Waals surface area contributed by atoms with Gasteiger partial charge in [0.05, 0.1) is 5.41 Å².